The molecule has 4 nitrogen and oxygen atoms in total. The van der Waals surface area contributed by atoms with E-state index in [9.17, 15) is 9.18 Å². The maximum atomic E-state index is 14.0. The van der Waals surface area contributed by atoms with E-state index in [1.54, 1.807) is 30.0 Å². The Morgan fingerprint density at radius 1 is 1.08 bits per heavy atom. The minimum absolute atomic E-state index is 0.189. The molecule has 4 rings (SSSR count). The Hall–Kier alpha value is -2.51. The number of benzene rings is 2. The Morgan fingerprint density at radius 2 is 1.84 bits per heavy atom. The molecule has 0 aliphatic rings. The fraction of sp³-hybridized carbons (Fsp3) is 0.0556. The number of fused-ring (bicyclic) bond motifs is 1. The number of hydrogen-bond donors (Lipinski definition) is 0. The van der Waals surface area contributed by atoms with Crippen LogP contribution in [0.15, 0.2) is 70.1 Å². The van der Waals surface area contributed by atoms with Crippen LogP contribution in [0.25, 0.3) is 16.0 Å². The third kappa shape index (κ3) is 3.20. The molecule has 0 saturated heterocycles. The number of para-hydroxylation sites is 1. The van der Waals surface area contributed by atoms with Crippen molar-refractivity contribution in [1.29, 1.82) is 0 Å². The van der Waals surface area contributed by atoms with Crippen LogP contribution in [0.2, 0.25) is 0 Å². The monoisotopic (exact) mass is 369 g/mol. The van der Waals surface area contributed by atoms with E-state index in [-0.39, 0.29) is 11.2 Å². The third-order valence-electron chi connectivity index (χ3n) is 3.62. The highest BCUT2D eigenvalue weighted by Gasteiger charge is 2.14. The lowest BCUT2D eigenvalue weighted by Gasteiger charge is -2.05. The molecule has 124 valence electrons. The Kier molecular flexibility index (Phi) is 4.33. The van der Waals surface area contributed by atoms with Gasteiger partial charge in [-0.3, -0.25) is 9.36 Å². The van der Waals surface area contributed by atoms with Crippen molar-refractivity contribution in [1.82, 2.24) is 14.5 Å². The van der Waals surface area contributed by atoms with Gasteiger partial charge in [0.2, 0.25) is 0 Å². The van der Waals surface area contributed by atoms with Gasteiger partial charge in [-0.2, -0.15) is 0 Å². The first-order valence-electron chi connectivity index (χ1n) is 7.52. The molecule has 0 aliphatic heterocycles. The van der Waals surface area contributed by atoms with Crippen molar-refractivity contribution in [2.45, 2.75) is 10.1 Å². The van der Waals surface area contributed by atoms with Gasteiger partial charge in [0, 0.05) is 5.75 Å². The molecule has 4 aromatic rings. The zero-order valence-electron chi connectivity index (χ0n) is 12.9. The number of thiazole rings is 1. The number of nitrogens with zero attached hydrogens (tertiary/aromatic N) is 3. The minimum atomic E-state index is -0.464. The summed E-state index contributed by atoms with van der Waals surface area (Å²) in [6.07, 6.45) is 1.33. The average Bonchev–Trinajstić information content (AvgIpc) is 3.06. The molecule has 0 amide bonds. The molecule has 0 saturated carbocycles. The summed E-state index contributed by atoms with van der Waals surface area (Å²) in [7, 11) is 0. The summed E-state index contributed by atoms with van der Waals surface area (Å²) < 4.78 is 16.4. The van der Waals surface area contributed by atoms with Crippen LogP contribution in [-0.2, 0) is 5.75 Å². The van der Waals surface area contributed by atoms with Crippen LogP contribution in [0.4, 0.5) is 4.39 Å². The van der Waals surface area contributed by atoms with Crippen molar-refractivity contribution in [3.05, 3.63) is 82.7 Å². The molecule has 2 aromatic carbocycles. The Morgan fingerprint density at radius 3 is 2.64 bits per heavy atom. The summed E-state index contributed by atoms with van der Waals surface area (Å²) in [5.41, 5.74) is 1.47. The van der Waals surface area contributed by atoms with E-state index < -0.39 is 5.82 Å². The molecular formula is C18H12FN3OS2. The molecule has 0 atom stereocenters. The van der Waals surface area contributed by atoms with Gasteiger partial charge in [0.15, 0.2) is 9.99 Å². The molecule has 0 spiro atoms. The van der Waals surface area contributed by atoms with E-state index >= 15 is 0 Å². The quantitative estimate of drug-likeness (QED) is 0.504. The van der Waals surface area contributed by atoms with Crippen LogP contribution in [-0.4, -0.2) is 14.5 Å². The van der Waals surface area contributed by atoms with Crippen LogP contribution >= 0.6 is 23.1 Å². The standard InChI is InChI=1S/C18H12FN3OS2/c19-13-8-4-5-9-14(13)22-11-20-16-15(17(22)23)25-18(21-16)24-10-12-6-2-1-3-7-12/h1-9,11H,10H2. The first kappa shape index (κ1) is 16.0. The molecule has 2 heterocycles. The molecule has 25 heavy (non-hydrogen) atoms. The van der Waals surface area contributed by atoms with Gasteiger partial charge >= 0.3 is 0 Å². The van der Waals surface area contributed by atoms with E-state index in [2.05, 4.69) is 9.97 Å². The first-order valence-corrected chi connectivity index (χ1v) is 9.32. The van der Waals surface area contributed by atoms with Crippen LogP contribution in [0.5, 0.6) is 0 Å². The highest BCUT2D eigenvalue weighted by Crippen LogP contribution is 2.29. The van der Waals surface area contributed by atoms with Crippen molar-refractivity contribution < 1.29 is 4.39 Å². The van der Waals surface area contributed by atoms with E-state index in [4.69, 9.17) is 0 Å². The lowest BCUT2D eigenvalue weighted by molar-refractivity contribution is 0.615. The molecule has 0 aliphatic carbocycles. The number of hydrogen-bond acceptors (Lipinski definition) is 5. The van der Waals surface area contributed by atoms with Crippen molar-refractivity contribution in [3.63, 3.8) is 0 Å². The zero-order chi connectivity index (χ0) is 17.2. The van der Waals surface area contributed by atoms with Gasteiger partial charge in [-0.1, -0.05) is 54.2 Å². The van der Waals surface area contributed by atoms with Gasteiger partial charge in [0.25, 0.3) is 5.56 Å². The summed E-state index contributed by atoms with van der Waals surface area (Å²) in [6.45, 7) is 0. The van der Waals surface area contributed by atoms with Crippen LogP contribution < -0.4 is 5.56 Å². The number of rotatable bonds is 4. The smallest absolute Gasteiger partial charge is 0.267 e. The summed E-state index contributed by atoms with van der Waals surface area (Å²) in [5, 5.41) is 0. The highest BCUT2D eigenvalue weighted by molar-refractivity contribution is 8.00. The Balaban J connectivity index is 1.68. The SMILES string of the molecule is O=c1c2sc(SCc3ccccc3)nc2ncn1-c1ccccc1F. The second kappa shape index (κ2) is 6.78. The van der Waals surface area contributed by atoms with Crippen molar-refractivity contribution >= 4 is 33.4 Å². The minimum Gasteiger partial charge on any atom is -0.267 e. The van der Waals surface area contributed by atoms with Gasteiger partial charge in [0.1, 0.15) is 16.8 Å². The summed E-state index contributed by atoms with van der Waals surface area (Å²) in [5.74, 6) is 0.302. The summed E-state index contributed by atoms with van der Waals surface area (Å²) in [6, 6.07) is 16.2. The van der Waals surface area contributed by atoms with Gasteiger partial charge < -0.3 is 0 Å². The summed E-state index contributed by atoms with van der Waals surface area (Å²) >= 11 is 2.85. The number of halogens is 1. The average molecular weight is 369 g/mol. The Labute approximate surface area is 151 Å². The van der Waals surface area contributed by atoms with E-state index in [1.165, 1.54) is 33.9 Å². The zero-order valence-corrected chi connectivity index (χ0v) is 14.6. The number of thioether (sulfide) groups is 1. The molecule has 0 radical (unpaired) electrons. The van der Waals surface area contributed by atoms with Gasteiger partial charge in [-0.05, 0) is 17.7 Å². The fourth-order valence-electron chi connectivity index (χ4n) is 2.39. The predicted octanol–water partition coefficient (Wildman–Crippen LogP) is 4.27. The normalized spacial score (nSPS) is 11.1. The van der Waals surface area contributed by atoms with Crippen molar-refractivity contribution in [2.75, 3.05) is 0 Å². The largest absolute Gasteiger partial charge is 0.277 e. The first-order chi connectivity index (χ1) is 12.2. The van der Waals surface area contributed by atoms with Gasteiger partial charge in [0.05, 0.1) is 5.69 Å². The maximum Gasteiger partial charge on any atom is 0.277 e. The van der Waals surface area contributed by atoms with Gasteiger partial charge in [-0.15, -0.1) is 11.3 Å². The highest BCUT2D eigenvalue weighted by atomic mass is 32.2. The molecule has 7 heteroatoms. The lowest BCUT2D eigenvalue weighted by Crippen LogP contribution is -2.18. The number of aromatic nitrogens is 3. The second-order valence-corrected chi connectivity index (χ2v) is 7.50. The van der Waals surface area contributed by atoms with E-state index in [0.29, 0.717) is 10.3 Å². The molecule has 0 N–H and O–H groups in total. The van der Waals surface area contributed by atoms with Crippen molar-refractivity contribution in [3.8, 4) is 5.69 Å². The topological polar surface area (TPSA) is 47.8 Å². The third-order valence-corrected chi connectivity index (χ3v) is 5.86. The molecule has 0 unspecified atom stereocenters. The van der Waals surface area contributed by atoms with Gasteiger partial charge in [-0.25, -0.2) is 14.4 Å². The molecular weight excluding hydrogens is 357 g/mol. The fourth-order valence-corrected chi connectivity index (χ4v) is 4.37. The molecule has 0 bridgehead atoms. The second-order valence-electron chi connectivity index (χ2n) is 5.28. The van der Waals surface area contributed by atoms with Crippen LogP contribution in [0.1, 0.15) is 5.56 Å². The summed E-state index contributed by atoms with van der Waals surface area (Å²) in [4.78, 5) is 21.3. The predicted molar refractivity (Wildman–Crippen MR) is 99.0 cm³/mol. The van der Waals surface area contributed by atoms with Crippen molar-refractivity contribution in [2.24, 2.45) is 0 Å². The van der Waals surface area contributed by atoms with E-state index in [1.807, 2.05) is 30.3 Å². The molecule has 2 aromatic heterocycles. The van der Waals surface area contributed by atoms with Crippen LogP contribution in [0.3, 0.4) is 0 Å². The molecule has 0 fully saturated rings. The maximum absolute atomic E-state index is 14.0. The lowest BCUT2D eigenvalue weighted by atomic mass is 10.2. The van der Waals surface area contributed by atoms with E-state index in [0.717, 1.165) is 10.1 Å². The Bertz CT molecular complexity index is 1090. The van der Waals surface area contributed by atoms with Crippen LogP contribution in [0, 0.1) is 5.82 Å².